The standard InChI is InChI=1S/C12H14N2O3S3/c1-2-14(8-9-4-3-7-17-9)20(15,16)11-6-5-10(19-11)12(13)18/h3-7H,2,8H2,1H3,(H2,13,18). The number of hydrogen-bond donors (Lipinski definition) is 1. The third-order valence-corrected chi connectivity index (χ3v) is 6.54. The first-order chi connectivity index (χ1) is 9.45. The first-order valence-electron chi connectivity index (χ1n) is 5.87. The molecule has 108 valence electrons. The van der Waals surface area contributed by atoms with Crippen molar-refractivity contribution in [1.82, 2.24) is 4.31 Å². The minimum Gasteiger partial charge on any atom is -0.468 e. The third-order valence-electron chi connectivity index (χ3n) is 2.68. The van der Waals surface area contributed by atoms with Gasteiger partial charge in [-0.05, 0) is 24.3 Å². The molecule has 20 heavy (non-hydrogen) atoms. The molecule has 2 aromatic heterocycles. The summed E-state index contributed by atoms with van der Waals surface area (Å²) < 4.78 is 31.8. The maximum absolute atomic E-state index is 12.5. The lowest BCUT2D eigenvalue weighted by atomic mass is 10.4. The summed E-state index contributed by atoms with van der Waals surface area (Å²) in [4.78, 5) is 0.790. The van der Waals surface area contributed by atoms with Crippen LogP contribution in [0.4, 0.5) is 0 Å². The fourth-order valence-corrected chi connectivity index (χ4v) is 4.58. The average molecular weight is 330 g/mol. The molecule has 8 heteroatoms. The summed E-state index contributed by atoms with van der Waals surface area (Å²) in [7, 11) is -3.56. The smallest absolute Gasteiger partial charge is 0.252 e. The zero-order valence-electron chi connectivity index (χ0n) is 10.8. The Labute approximate surface area is 127 Å². The first-order valence-corrected chi connectivity index (χ1v) is 8.53. The van der Waals surface area contributed by atoms with Crippen LogP contribution < -0.4 is 5.73 Å². The van der Waals surface area contributed by atoms with Crippen LogP contribution in [0.15, 0.2) is 39.2 Å². The molecule has 0 aliphatic rings. The molecule has 2 aromatic rings. The van der Waals surface area contributed by atoms with Gasteiger partial charge in [0.2, 0.25) is 0 Å². The van der Waals surface area contributed by atoms with Gasteiger partial charge in [0.05, 0.1) is 17.7 Å². The van der Waals surface area contributed by atoms with E-state index in [0.29, 0.717) is 17.2 Å². The van der Waals surface area contributed by atoms with Crippen molar-refractivity contribution in [2.24, 2.45) is 5.73 Å². The van der Waals surface area contributed by atoms with Gasteiger partial charge in [0, 0.05) is 6.54 Å². The number of nitrogens with two attached hydrogens (primary N) is 1. The second-order valence-electron chi connectivity index (χ2n) is 3.99. The number of rotatable bonds is 6. The minimum atomic E-state index is -3.56. The van der Waals surface area contributed by atoms with E-state index in [1.807, 2.05) is 0 Å². The van der Waals surface area contributed by atoms with Gasteiger partial charge >= 0.3 is 0 Å². The molecule has 0 atom stereocenters. The molecular weight excluding hydrogens is 316 g/mol. The topological polar surface area (TPSA) is 76.5 Å². The van der Waals surface area contributed by atoms with Gasteiger partial charge in [0.25, 0.3) is 10.0 Å². The van der Waals surface area contributed by atoms with E-state index in [2.05, 4.69) is 0 Å². The number of hydrogen-bond acceptors (Lipinski definition) is 5. The molecule has 0 spiro atoms. The highest BCUT2D eigenvalue weighted by atomic mass is 32.2. The third kappa shape index (κ3) is 3.09. The normalized spacial score (nSPS) is 11.9. The summed E-state index contributed by atoms with van der Waals surface area (Å²) in [6, 6.07) is 6.62. The van der Waals surface area contributed by atoms with E-state index in [4.69, 9.17) is 22.4 Å². The molecule has 0 radical (unpaired) electrons. The first kappa shape index (κ1) is 15.2. The summed E-state index contributed by atoms with van der Waals surface area (Å²) in [6.07, 6.45) is 1.52. The highest BCUT2D eigenvalue weighted by molar-refractivity contribution is 7.91. The number of furan rings is 1. The van der Waals surface area contributed by atoms with Crippen molar-refractivity contribution in [1.29, 1.82) is 0 Å². The lowest BCUT2D eigenvalue weighted by molar-refractivity contribution is 0.376. The van der Waals surface area contributed by atoms with E-state index in [9.17, 15) is 8.42 Å². The maximum atomic E-state index is 12.5. The average Bonchev–Trinajstić information content (AvgIpc) is 3.06. The number of thiophene rings is 1. The number of nitrogens with zero attached hydrogens (tertiary/aromatic N) is 1. The van der Waals surface area contributed by atoms with Crippen molar-refractivity contribution in [3.05, 3.63) is 41.2 Å². The van der Waals surface area contributed by atoms with Crippen LogP contribution in [0.3, 0.4) is 0 Å². The largest absolute Gasteiger partial charge is 0.468 e. The molecule has 0 amide bonds. The van der Waals surface area contributed by atoms with Gasteiger partial charge in [-0.2, -0.15) is 4.31 Å². The van der Waals surface area contributed by atoms with E-state index in [1.54, 1.807) is 25.1 Å². The Bertz CT molecular complexity index is 689. The molecule has 0 bridgehead atoms. The van der Waals surface area contributed by atoms with E-state index in [-0.39, 0.29) is 15.7 Å². The fraction of sp³-hybridized carbons (Fsp3) is 0.250. The van der Waals surface area contributed by atoms with Crippen molar-refractivity contribution in [3.63, 3.8) is 0 Å². The molecule has 0 aliphatic heterocycles. The van der Waals surface area contributed by atoms with Gasteiger partial charge in [-0.1, -0.05) is 19.1 Å². The Morgan fingerprint density at radius 3 is 2.70 bits per heavy atom. The summed E-state index contributed by atoms with van der Waals surface area (Å²) in [6.45, 7) is 2.33. The van der Waals surface area contributed by atoms with Gasteiger partial charge < -0.3 is 10.2 Å². The van der Waals surface area contributed by atoms with Crippen LogP contribution in [-0.2, 0) is 16.6 Å². The maximum Gasteiger partial charge on any atom is 0.252 e. The molecule has 5 nitrogen and oxygen atoms in total. The van der Waals surface area contributed by atoms with E-state index >= 15 is 0 Å². The minimum absolute atomic E-state index is 0.200. The van der Waals surface area contributed by atoms with Crippen LogP contribution in [0.25, 0.3) is 0 Å². The van der Waals surface area contributed by atoms with Gasteiger partial charge in [-0.3, -0.25) is 0 Å². The Morgan fingerprint density at radius 2 is 2.20 bits per heavy atom. The Balaban J connectivity index is 2.28. The molecule has 2 heterocycles. The second-order valence-corrected chi connectivity index (χ2v) is 7.68. The van der Waals surface area contributed by atoms with Crippen LogP contribution in [0.2, 0.25) is 0 Å². The summed E-state index contributed by atoms with van der Waals surface area (Å²) >= 11 is 5.93. The molecule has 0 unspecified atom stereocenters. The number of sulfonamides is 1. The van der Waals surface area contributed by atoms with E-state index < -0.39 is 10.0 Å². The van der Waals surface area contributed by atoms with E-state index in [1.165, 1.54) is 16.6 Å². The molecular formula is C12H14N2O3S3. The van der Waals surface area contributed by atoms with Gasteiger partial charge in [-0.15, -0.1) is 11.3 Å². The van der Waals surface area contributed by atoms with Crippen molar-refractivity contribution in [3.8, 4) is 0 Å². The molecule has 0 aliphatic carbocycles. The second kappa shape index (κ2) is 6.04. The van der Waals surface area contributed by atoms with Gasteiger partial charge in [0.1, 0.15) is 15.0 Å². The van der Waals surface area contributed by atoms with Gasteiger partial charge in [-0.25, -0.2) is 8.42 Å². The Hall–Kier alpha value is -1.22. The highest BCUT2D eigenvalue weighted by Gasteiger charge is 2.26. The predicted octanol–water partition coefficient (Wildman–Crippen LogP) is 2.19. The highest BCUT2D eigenvalue weighted by Crippen LogP contribution is 2.26. The van der Waals surface area contributed by atoms with Crippen LogP contribution in [0.1, 0.15) is 17.6 Å². The van der Waals surface area contributed by atoms with Crippen molar-refractivity contribution in [2.45, 2.75) is 17.7 Å². The van der Waals surface area contributed by atoms with E-state index in [0.717, 1.165) is 11.3 Å². The zero-order valence-corrected chi connectivity index (χ0v) is 13.2. The molecule has 2 N–H and O–H groups in total. The molecule has 0 fully saturated rings. The van der Waals surface area contributed by atoms with Crippen LogP contribution in [-0.4, -0.2) is 24.3 Å². The van der Waals surface area contributed by atoms with Crippen molar-refractivity contribution in [2.75, 3.05) is 6.54 Å². The summed E-state index contributed by atoms with van der Waals surface area (Å²) in [5.41, 5.74) is 5.51. The SMILES string of the molecule is CCN(Cc1ccco1)S(=O)(=O)c1ccc(C(N)=S)s1. The number of thiocarbonyl (C=S) groups is 1. The zero-order chi connectivity index (χ0) is 14.8. The summed E-state index contributed by atoms with van der Waals surface area (Å²) in [5, 5.41) is 0. The Morgan fingerprint density at radius 1 is 1.45 bits per heavy atom. The summed E-state index contributed by atoms with van der Waals surface area (Å²) in [5.74, 6) is 0.599. The lowest BCUT2D eigenvalue weighted by Crippen LogP contribution is -2.29. The predicted molar refractivity (Wildman–Crippen MR) is 82.2 cm³/mol. The Kier molecular flexibility index (Phi) is 4.59. The molecule has 0 aromatic carbocycles. The van der Waals surface area contributed by atoms with Crippen LogP contribution in [0, 0.1) is 0 Å². The van der Waals surface area contributed by atoms with Crippen LogP contribution in [0.5, 0.6) is 0 Å². The monoisotopic (exact) mass is 330 g/mol. The molecule has 0 saturated heterocycles. The van der Waals surface area contributed by atoms with Crippen molar-refractivity contribution >= 4 is 38.6 Å². The quantitative estimate of drug-likeness (QED) is 0.822. The molecule has 0 saturated carbocycles. The molecule has 2 rings (SSSR count). The van der Waals surface area contributed by atoms with Crippen molar-refractivity contribution < 1.29 is 12.8 Å². The van der Waals surface area contributed by atoms with Crippen LogP contribution >= 0.6 is 23.6 Å². The lowest BCUT2D eigenvalue weighted by Gasteiger charge is -2.18. The fourth-order valence-electron chi connectivity index (χ4n) is 1.66. The van der Waals surface area contributed by atoms with Gasteiger partial charge in [0.15, 0.2) is 0 Å².